The monoisotopic (exact) mass is 428 g/mol. The second kappa shape index (κ2) is 10.8. The van der Waals surface area contributed by atoms with Gasteiger partial charge in [-0.2, -0.15) is 0 Å². The normalized spacial score (nSPS) is 17.0. The smallest absolute Gasteiger partial charge is 0.276 e. The molecule has 4 nitrogen and oxygen atoms in total. The highest BCUT2D eigenvalue weighted by molar-refractivity contribution is 7.98. The number of hydrogen-bond donors (Lipinski definition) is 0. The topological polar surface area (TPSA) is 45.5 Å². The van der Waals surface area contributed by atoms with Crippen LogP contribution in [0.4, 0.5) is 0 Å². The molecule has 0 N–H and O–H groups in total. The van der Waals surface area contributed by atoms with Gasteiger partial charge in [0.15, 0.2) is 0 Å². The molecule has 152 valence electrons. The average Bonchev–Trinajstić information content (AvgIpc) is 2.76. The minimum atomic E-state index is 0.0393. The second-order valence-electron chi connectivity index (χ2n) is 7.28. The van der Waals surface area contributed by atoms with Gasteiger partial charge in [-0.3, -0.25) is 0 Å². The summed E-state index contributed by atoms with van der Waals surface area (Å²) in [5.41, 5.74) is 1.11. The number of halogens is 1. The summed E-state index contributed by atoms with van der Waals surface area (Å²) in [6.07, 6.45) is 3.80. The van der Waals surface area contributed by atoms with E-state index in [9.17, 15) is 5.26 Å². The van der Waals surface area contributed by atoms with Gasteiger partial charge in [0.1, 0.15) is 11.5 Å². The molecule has 1 heterocycles. The Morgan fingerprint density at radius 1 is 1.28 bits per heavy atom. The van der Waals surface area contributed by atoms with Crippen molar-refractivity contribution in [1.82, 2.24) is 4.90 Å². The third kappa shape index (κ3) is 6.09. The van der Waals surface area contributed by atoms with E-state index in [4.69, 9.17) is 21.1 Å². The number of benzene rings is 2. The molecule has 0 saturated carbocycles. The Balaban J connectivity index is 1.57. The van der Waals surface area contributed by atoms with Gasteiger partial charge in [-0.05, 0) is 85.9 Å². The number of nitrogens with zero attached hydrogens (tertiary/aromatic N) is 2. The first-order valence-electron chi connectivity index (χ1n) is 9.84. The van der Waals surface area contributed by atoms with Crippen LogP contribution in [0.2, 0.25) is 17.2 Å². The van der Waals surface area contributed by atoms with Crippen molar-refractivity contribution < 1.29 is 9.47 Å². The molecule has 1 fully saturated rings. The van der Waals surface area contributed by atoms with E-state index in [0.29, 0.717) is 6.61 Å². The van der Waals surface area contributed by atoms with Gasteiger partial charge < -0.3 is 14.4 Å². The van der Waals surface area contributed by atoms with Crippen LogP contribution in [0.3, 0.4) is 0 Å². The predicted molar refractivity (Wildman–Crippen MR) is 122 cm³/mol. The lowest BCUT2D eigenvalue weighted by atomic mass is 9.39. The Hall–Kier alpha value is -1.81. The fourth-order valence-corrected chi connectivity index (χ4v) is 4.35. The van der Waals surface area contributed by atoms with Crippen molar-refractivity contribution in [3.8, 4) is 17.5 Å². The van der Waals surface area contributed by atoms with E-state index in [1.54, 1.807) is 18.9 Å². The van der Waals surface area contributed by atoms with Gasteiger partial charge in [-0.25, -0.2) is 5.26 Å². The molecule has 0 aliphatic carbocycles. The summed E-state index contributed by atoms with van der Waals surface area (Å²) in [5.74, 6) is 4.42. The Morgan fingerprint density at radius 2 is 2.07 bits per heavy atom. The third-order valence-electron chi connectivity index (χ3n) is 5.45. The lowest BCUT2D eigenvalue weighted by Crippen LogP contribution is -2.44. The third-order valence-corrected chi connectivity index (χ3v) is 6.43. The van der Waals surface area contributed by atoms with Gasteiger partial charge in [0.2, 0.25) is 0 Å². The van der Waals surface area contributed by atoms with Crippen molar-refractivity contribution in [2.75, 3.05) is 39.6 Å². The molecule has 2 aromatic carbocycles. The van der Waals surface area contributed by atoms with Crippen molar-refractivity contribution in [3.05, 3.63) is 53.1 Å². The minimum absolute atomic E-state index is 0.0393. The van der Waals surface area contributed by atoms with Crippen LogP contribution in [0.5, 0.6) is 11.5 Å². The summed E-state index contributed by atoms with van der Waals surface area (Å²) in [5, 5.41) is 10.3. The molecular formula is C22H26BClN2O2S. The molecule has 1 aliphatic heterocycles. The van der Waals surface area contributed by atoms with E-state index in [-0.39, 0.29) is 12.5 Å². The van der Waals surface area contributed by atoms with Crippen LogP contribution in [0.25, 0.3) is 0 Å². The van der Waals surface area contributed by atoms with Crippen molar-refractivity contribution in [3.63, 3.8) is 0 Å². The molecule has 1 atom stereocenters. The molecule has 29 heavy (non-hydrogen) atoms. The number of thioether (sulfide) groups is 1. The Morgan fingerprint density at radius 3 is 2.76 bits per heavy atom. The molecule has 1 aliphatic rings. The van der Waals surface area contributed by atoms with Gasteiger partial charge in [0.05, 0.1) is 13.7 Å². The lowest BCUT2D eigenvalue weighted by Gasteiger charge is -2.34. The molecular weight excluding hydrogens is 403 g/mol. The van der Waals surface area contributed by atoms with Gasteiger partial charge in [-0.15, -0.1) is 11.8 Å². The maximum atomic E-state index is 9.56. The largest absolute Gasteiger partial charge is 0.496 e. The summed E-state index contributed by atoms with van der Waals surface area (Å²) in [6.45, 7) is 3.31. The number of ether oxygens (including phenoxy) is 2. The Kier molecular flexibility index (Phi) is 8.17. The van der Waals surface area contributed by atoms with Gasteiger partial charge in [0.25, 0.3) is 6.71 Å². The number of rotatable bonds is 8. The quantitative estimate of drug-likeness (QED) is 0.440. The van der Waals surface area contributed by atoms with Crippen LogP contribution < -0.4 is 9.47 Å². The van der Waals surface area contributed by atoms with E-state index in [0.717, 1.165) is 54.5 Å². The van der Waals surface area contributed by atoms with Crippen molar-refractivity contribution in [2.24, 2.45) is 0 Å². The highest BCUT2D eigenvalue weighted by atomic mass is 35.5. The summed E-state index contributed by atoms with van der Waals surface area (Å²) in [4.78, 5) is 3.63. The predicted octanol–water partition coefficient (Wildman–Crippen LogP) is 4.94. The molecule has 0 spiro atoms. The van der Waals surface area contributed by atoms with Gasteiger partial charge in [-0.1, -0.05) is 11.6 Å². The van der Waals surface area contributed by atoms with E-state index >= 15 is 0 Å². The molecule has 3 rings (SSSR count). The van der Waals surface area contributed by atoms with Gasteiger partial charge in [0, 0.05) is 22.4 Å². The minimum Gasteiger partial charge on any atom is -0.496 e. The van der Waals surface area contributed by atoms with Crippen LogP contribution in [0.1, 0.15) is 5.56 Å². The zero-order valence-corrected chi connectivity index (χ0v) is 18.5. The first-order chi connectivity index (χ1) is 14.1. The van der Waals surface area contributed by atoms with Gasteiger partial charge >= 0.3 is 0 Å². The molecule has 1 saturated heterocycles. The summed E-state index contributed by atoms with van der Waals surface area (Å²) < 4.78 is 11.5. The number of methoxy groups -OCH3 is 1. The van der Waals surface area contributed by atoms with E-state index < -0.39 is 0 Å². The molecule has 0 aromatic heterocycles. The van der Waals surface area contributed by atoms with E-state index in [2.05, 4.69) is 29.3 Å². The maximum absolute atomic E-state index is 9.56. The van der Waals surface area contributed by atoms with Crippen LogP contribution in [0, 0.1) is 11.2 Å². The Bertz CT molecular complexity index is 844. The van der Waals surface area contributed by atoms with E-state index in [1.807, 2.05) is 30.3 Å². The molecule has 0 radical (unpaired) electrons. The molecule has 0 amide bonds. The Labute approximate surface area is 183 Å². The fourth-order valence-electron chi connectivity index (χ4n) is 3.75. The lowest BCUT2D eigenvalue weighted by molar-refractivity contribution is 0.229. The van der Waals surface area contributed by atoms with Crippen molar-refractivity contribution in [1.29, 1.82) is 5.26 Å². The first-order valence-corrected chi connectivity index (χ1v) is 11.4. The summed E-state index contributed by atoms with van der Waals surface area (Å²) >= 11 is 7.86. The van der Waals surface area contributed by atoms with Crippen LogP contribution in [0.15, 0.2) is 47.4 Å². The zero-order chi connectivity index (χ0) is 20.6. The number of hydrogen-bond acceptors (Lipinski definition) is 5. The summed E-state index contributed by atoms with van der Waals surface area (Å²) in [7, 11) is 1.68. The first kappa shape index (κ1) is 21.9. The van der Waals surface area contributed by atoms with E-state index in [1.165, 1.54) is 4.90 Å². The van der Waals surface area contributed by atoms with Crippen LogP contribution in [-0.2, 0) is 6.42 Å². The molecule has 1 unspecified atom stereocenters. The fraction of sp³-hybridized carbons (Fsp3) is 0.409. The van der Waals surface area contributed by atoms with Crippen LogP contribution >= 0.6 is 23.4 Å². The zero-order valence-electron chi connectivity index (χ0n) is 16.9. The highest BCUT2D eigenvalue weighted by Crippen LogP contribution is 2.27. The maximum Gasteiger partial charge on any atom is 0.276 e. The van der Waals surface area contributed by atoms with Crippen molar-refractivity contribution >= 4 is 30.1 Å². The molecule has 0 bridgehead atoms. The highest BCUT2D eigenvalue weighted by Gasteiger charge is 2.33. The summed E-state index contributed by atoms with van der Waals surface area (Å²) in [6, 6.07) is 13.9. The molecule has 2 aromatic rings. The van der Waals surface area contributed by atoms with Crippen LogP contribution in [-0.4, -0.2) is 51.2 Å². The number of nitriles is 1. The standard InChI is InChI=1S/C22H26BClN2O2S/c1-27-22-8-3-19(24)13-17(22)9-11-26-12-10-23(16-25)18(14-26)15-28-20-4-6-21(29-2)7-5-20/h3-8,13,18H,9-12,14-15H2,1-2H3. The second-order valence-corrected chi connectivity index (χ2v) is 8.59. The average molecular weight is 429 g/mol. The SMILES string of the molecule is COc1ccc(Cl)cc1CCN1CCB(C#N)C(COc2ccc(SC)cc2)C1. The van der Waals surface area contributed by atoms with Crippen molar-refractivity contribution in [2.45, 2.75) is 23.5 Å². The molecule has 7 heteroatoms.